The fraction of sp³-hybridized carbons (Fsp3) is 0.0714. The summed E-state index contributed by atoms with van der Waals surface area (Å²) in [6.07, 6.45) is 1.10. The van der Waals surface area contributed by atoms with Gasteiger partial charge in [-0.25, -0.2) is 12.8 Å². The topological polar surface area (TPSA) is 51.2 Å². The molecule has 0 fully saturated rings. The van der Waals surface area contributed by atoms with Gasteiger partial charge in [-0.1, -0.05) is 0 Å². The zero-order valence-corrected chi connectivity index (χ0v) is 12.8. The van der Waals surface area contributed by atoms with Crippen molar-refractivity contribution in [1.29, 1.82) is 0 Å². The largest absolute Gasteiger partial charge is 0.289 e. The molecule has 0 unspecified atom stereocenters. The molecule has 104 valence electrons. The minimum absolute atomic E-state index is 0.148. The molecule has 0 saturated heterocycles. The van der Waals surface area contributed by atoms with Gasteiger partial charge in [-0.3, -0.25) is 4.79 Å². The Morgan fingerprint density at radius 1 is 1.05 bits per heavy atom. The Labute approximate surface area is 124 Å². The number of rotatable bonds is 3. The van der Waals surface area contributed by atoms with E-state index in [4.69, 9.17) is 0 Å². The molecule has 0 spiro atoms. The smallest absolute Gasteiger partial charge is 0.193 e. The maximum Gasteiger partial charge on any atom is 0.193 e. The van der Waals surface area contributed by atoms with Crippen LogP contribution < -0.4 is 0 Å². The van der Waals surface area contributed by atoms with Crippen LogP contribution in [0.5, 0.6) is 0 Å². The summed E-state index contributed by atoms with van der Waals surface area (Å²) in [7, 11) is -3.29. The first kappa shape index (κ1) is 14.9. The molecule has 0 heterocycles. The standard InChI is InChI=1S/C14H10BrFO3S/c1-20(18,19)11-5-2-9(3-6-11)14(17)10-4-7-13(16)12(15)8-10/h2-8H,1H3. The van der Waals surface area contributed by atoms with Crippen molar-refractivity contribution < 1.29 is 17.6 Å². The van der Waals surface area contributed by atoms with E-state index in [2.05, 4.69) is 15.9 Å². The van der Waals surface area contributed by atoms with Gasteiger partial charge >= 0.3 is 0 Å². The third-order valence-electron chi connectivity index (χ3n) is 2.73. The molecule has 6 heteroatoms. The third-order valence-corrected chi connectivity index (χ3v) is 4.46. The van der Waals surface area contributed by atoms with E-state index < -0.39 is 15.7 Å². The minimum Gasteiger partial charge on any atom is -0.289 e. The fourth-order valence-electron chi connectivity index (χ4n) is 1.66. The number of carbonyl (C=O) groups is 1. The summed E-state index contributed by atoms with van der Waals surface area (Å²) in [5.41, 5.74) is 0.668. The van der Waals surface area contributed by atoms with E-state index in [1.54, 1.807) is 0 Å². The SMILES string of the molecule is CS(=O)(=O)c1ccc(C(=O)c2ccc(F)c(Br)c2)cc1. The van der Waals surface area contributed by atoms with Crippen molar-refractivity contribution in [1.82, 2.24) is 0 Å². The monoisotopic (exact) mass is 356 g/mol. The molecule has 0 bridgehead atoms. The Balaban J connectivity index is 2.36. The molecular formula is C14H10BrFO3S. The van der Waals surface area contributed by atoms with Gasteiger partial charge in [-0.05, 0) is 58.4 Å². The molecule has 2 rings (SSSR count). The Hall–Kier alpha value is -1.53. The molecule has 0 aliphatic rings. The normalized spacial score (nSPS) is 11.3. The average Bonchev–Trinajstić information content (AvgIpc) is 2.40. The predicted molar refractivity (Wildman–Crippen MR) is 77.1 cm³/mol. The highest BCUT2D eigenvalue weighted by molar-refractivity contribution is 9.10. The van der Waals surface area contributed by atoms with Crippen LogP contribution in [0, 0.1) is 5.82 Å². The molecule has 2 aromatic rings. The Bertz CT molecular complexity index is 768. The lowest BCUT2D eigenvalue weighted by molar-refractivity contribution is 0.103. The number of sulfone groups is 1. The highest BCUT2D eigenvalue weighted by Crippen LogP contribution is 2.20. The molecule has 0 atom stereocenters. The summed E-state index contributed by atoms with van der Waals surface area (Å²) < 4.78 is 36.0. The highest BCUT2D eigenvalue weighted by Gasteiger charge is 2.13. The number of hydrogen-bond acceptors (Lipinski definition) is 3. The van der Waals surface area contributed by atoms with Gasteiger partial charge in [0.1, 0.15) is 5.82 Å². The summed E-state index contributed by atoms with van der Waals surface area (Å²) in [6, 6.07) is 9.60. The summed E-state index contributed by atoms with van der Waals surface area (Å²) in [6.45, 7) is 0. The van der Waals surface area contributed by atoms with E-state index in [1.165, 1.54) is 42.5 Å². The Morgan fingerprint density at radius 2 is 1.60 bits per heavy atom. The molecule has 0 radical (unpaired) electrons. The molecule has 20 heavy (non-hydrogen) atoms. The number of hydrogen-bond donors (Lipinski definition) is 0. The van der Waals surface area contributed by atoms with Crippen LogP contribution >= 0.6 is 15.9 Å². The van der Waals surface area contributed by atoms with Gasteiger partial charge in [-0.15, -0.1) is 0 Å². The van der Waals surface area contributed by atoms with Crippen molar-refractivity contribution in [3.05, 3.63) is 63.9 Å². The molecule has 0 saturated carbocycles. The minimum atomic E-state index is -3.29. The number of benzene rings is 2. The summed E-state index contributed by atoms with van der Waals surface area (Å²) >= 11 is 3.02. The van der Waals surface area contributed by atoms with Crippen LogP contribution in [0.15, 0.2) is 51.8 Å². The molecule has 0 N–H and O–H groups in total. The molecule has 0 aliphatic heterocycles. The number of ketones is 1. The van der Waals surface area contributed by atoms with Crippen LogP contribution in [0.3, 0.4) is 0 Å². The van der Waals surface area contributed by atoms with Crippen LogP contribution in [0.4, 0.5) is 4.39 Å². The zero-order valence-electron chi connectivity index (χ0n) is 10.4. The first-order chi connectivity index (χ1) is 9.29. The molecule has 0 aliphatic carbocycles. The van der Waals surface area contributed by atoms with E-state index in [0.29, 0.717) is 11.1 Å². The second-order valence-corrected chi connectivity index (χ2v) is 7.12. The molecule has 2 aromatic carbocycles. The van der Waals surface area contributed by atoms with Gasteiger partial charge in [0.05, 0.1) is 9.37 Å². The fourth-order valence-corrected chi connectivity index (χ4v) is 2.67. The van der Waals surface area contributed by atoms with Crippen LogP contribution in [-0.2, 0) is 9.84 Å². The van der Waals surface area contributed by atoms with Gasteiger partial charge < -0.3 is 0 Å². The van der Waals surface area contributed by atoms with E-state index in [9.17, 15) is 17.6 Å². The second-order valence-electron chi connectivity index (χ2n) is 4.25. The molecule has 0 aromatic heterocycles. The predicted octanol–water partition coefficient (Wildman–Crippen LogP) is 3.22. The van der Waals surface area contributed by atoms with Crippen LogP contribution in [-0.4, -0.2) is 20.5 Å². The second kappa shape index (κ2) is 5.46. The van der Waals surface area contributed by atoms with Crippen molar-refractivity contribution in [3.63, 3.8) is 0 Å². The van der Waals surface area contributed by atoms with Gasteiger partial charge in [0, 0.05) is 17.4 Å². The van der Waals surface area contributed by atoms with Crippen LogP contribution in [0.2, 0.25) is 0 Å². The first-order valence-electron chi connectivity index (χ1n) is 5.59. The third kappa shape index (κ3) is 3.13. The maximum absolute atomic E-state index is 13.1. The first-order valence-corrected chi connectivity index (χ1v) is 8.27. The molecule has 3 nitrogen and oxygen atoms in total. The summed E-state index contributed by atoms with van der Waals surface area (Å²) in [5, 5.41) is 0. The van der Waals surface area contributed by atoms with Gasteiger partial charge in [0.25, 0.3) is 0 Å². The highest BCUT2D eigenvalue weighted by atomic mass is 79.9. The van der Waals surface area contributed by atoms with E-state index >= 15 is 0 Å². The lowest BCUT2D eigenvalue weighted by Gasteiger charge is -2.04. The lowest BCUT2D eigenvalue weighted by atomic mass is 10.0. The van der Waals surface area contributed by atoms with Crippen LogP contribution in [0.25, 0.3) is 0 Å². The van der Waals surface area contributed by atoms with E-state index in [0.717, 1.165) is 6.26 Å². The van der Waals surface area contributed by atoms with Crippen molar-refractivity contribution in [3.8, 4) is 0 Å². The maximum atomic E-state index is 13.1. The van der Waals surface area contributed by atoms with Crippen molar-refractivity contribution >= 4 is 31.6 Å². The summed E-state index contributed by atoms with van der Waals surface area (Å²) in [5.74, 6) is -0.750. The Morgan fingerprint density at radius 3 is 2.10 bits per heavy atom. The van der Waals surface area contributed by atoms with Crippen LogP contribution in [0.1, 0.15) is 15.9 Å². The van der Waals surface area contributed by atoms with Crippen molar-refractivity contribution in [2.24, 2.45) is 0 Å². The summed E-state index contributed by atoms with van der Waals surface area (Å²) in [4.78, 5) is 12.3. The Kier molecular flexibility index (Phi) is 4.06. The number of carbonyl (C=O) groups excluding carboxylic acids is 1. The van der Waals surface area contributed by atoms with E-state index in [-0.39, 0.29) is 15.2 Å². The quantitative estimate of drug-likeness (QED) is 0.793. The van der Waals surface area contributed by atoms with Gasteiger partial charge in [0.15, 0.2) is 15.6 Å². The molecular weight excluding hydrogens is 347 g/mol. The van der Waals surface area contributed by atoms with E-state index in [1.807, 2.05) is 0 Å². The number of halogens is 2. The van der Waals surface area contributed by atoms with Crippen molar-refractivity contribution in [2.75, 3.05) is 6.26 Å². The van der Waals surface area contributed by atoms with Gasteiger partial charge in [0.2, 0.25) is 0 Å². The van der Waals surface area contributed by atoms with Gasteiger partial charge in [-0.2, -0.15) is 0 Å². The van der Waals surface area contributed by atoms with Crippen molar-refractivity contribution in [2.45, 2.75) is 4.90 Å². The lowest BCUT2D eigenvalue weighted by Crippen LogP contribution is -2.03. The molecule has 0 amide bonds. The average molecular weight is 357 g/mol. The zero-order chi connectivity index (χ0) is 14.9.